The van der Waals surface area contributed by atoms with E-state index in [2.05, 4.69) is 19.6 Å². The van der Waals surface area contributed by atoms with Crippen molar-refractivity contribution < 1.29 is 48.6 Å². The number of ether oxygens (including phenoxy) is 5. The van der Waals surface area contributed by atoms with Crippen LogP contribution >= 0.6 is 0 Å². The van der Waals surface area contributed by atoms with Crippen LogP contribution in [0.2, 0.25) is 0 Å². The van der Waals surface area contributed by atoms with Crippen molar-refractivity contribution >= 4 is 11.8 Å². The molecule has 12 atom stereocenters. The maximum Gasteiger partial charge on any atom is 0.338 e. The summed E-state index contributed by atoms with van der Waals surface area (Å²) in [6.45, 7) is 10.9. The Labute approximate surface area is 274 Å². The fraction of sp³-hybridized carbons (Fsp3) is 0.514. The third kappa shape index (κ3) is 4.10. The molecule has 0 radical (unpaired) electrons. The molecule has 10 heteroatoms. The third-order valence-corrected chi connectivity index (χ3v) is 11.2. The number of hydrogen-bond acceptors (Lipinski definition) is 10. The number of esters is 1. The maximum absolute atomic E-state index is 13.8. The van der Waals surface area contributed by atoms with Gasteiger partial charge in [0.25, 0.3) is 0 Å². The molecule has 47 heavy (non-hydrogen) atoms. The summed E-state index contributed by atoms with van der Waals surface area (Å²) in [5, 5.41) is 34.9. The number of ketones is 1. The summed E-state index contributed by atoms with van der Waals surface area (Å²) in [6, 6.07) is 8.55. The van der Waals surface area contributed by atoms with E-state index in [4.69, 9.17) is 23.7 Å². The molecule has 7 rings (SSSR count). The van der Waals surface area contributed by atoms with Crippen molar-refractivity contribution in [2.24, 2.45) is 17.8 Å². The first-order valence-electron chi connectivity index (χ1n) is 16.3. The molecule has 10 nitrogen and oxygen atoms in total. The van der Waals surface area contributed by atoms with Gasteiger partial charge in [0.2, 0.25) is 0 Å². The van der Waals surface area contributed by atoms with Crippen LogP contribution in [0.25, 0.3) is 0 Å². The third-order valence-electron chi connectivity index (χ3n) is 11.2. The lowest BCUT2D eigenvalue weighted by atomic mass is 9.53. The molecule has 3 N–H and O–H groups in total. The zero-order valence-corrected chi connectivity index (χ0v) is 27.0. The highest BCUT2D eigenvalue weighted by atomic mass is 16.9. The van der Waals surface area contributed by atoms with Gasteiger partial charge >= 0.3 is 11.9 Å². The molecule has 0 aromatic heterocycles. The molecule has 0 unspecified atom stereocenters. The molecule has 3 saturated heterocycles. The predicted molar refractivity (Wildman–Crippen MR) is 169 cm³/mol. The second-order valence-electron chi connectivity index (χ2n) is 13.8. The summed E-state index contributed by atoms with van der Waals surface area (Å²) < 4.78 is 33.1. The number of Topliss-reactive ketones (excluding diaryl/α,β-unsaturated/α-hetero) is 1. The minimum absolute atomic E-state index is 0.230. The number of hydrogen-bond donors (Lipinski definition) is 3. The van der Waals surface area contributed by atoms with E-state index in [1.165, 1.54) is 0 Å². The number of fused-ring (bicyclic) bond motifs is 3. The summed E-state index contributed by atoms with van der Waals surface area (Å²) in [5.74, 6) is -5.89. The molecule has 6 aliphatic rings. The number of allylic oxidation sites excluding steroid dienone is 5. The van der Waals surface area contributed by atoms with Crippen molar-refractivity contribution in [1.29, 1.82) is 0 Å². The van der Waals surface area contributed by atoms with Crippen LogP contribution in [0.1, 0.15) is 50.9 Å². The summed E-state index contributed by atoms with van der Waals surface area (Å²) >= 11 is 0. The molecule has 1 aromatic rings. The number of unbranched alkanes of at least 4 members (excludes halogenated alkanes) is 1. The van der Waals surface area contributed by atoms with Crippen molar-refractivity contribution in [2.75, 3.05) is 6.61 Å². The van der Waals surface area contributed by atoms with Crippen molar-refractivity contribution in [2.45, 2.75) is 93.3 Å². The van der Waals surface area contributed by atoms with Gasteiger partial charge in [-0.1, -0.05) is 81.5 Å². The van der Waals surface area contributed by atoms with E-state index in [9.17, 15) is 24.9 Å². The van der Waals surface area contributed by atoms with Crippen LogP contribution in [0.3, 0.4) is 0 Å². The molecule has 250 valence electrons. The molecule has 3 aliphatic heterocycles. The Bertz CT molecular complexity index is 1610. The lowest BCUT2D eigenvalue weighted by Gasteiger charge is -2.61. The Balaban J connectivity index is 1.43. The van der Waals surface area contributed by atoms with E-state index in [0.29, 0.717) is 11.1 Å². The molecule has 0 amide bonds. The van der Waals surface area contributed by atoms with Crippen molar-refractivity contribution in [1.82, 2.24) is 0 Å². The lowest BCUT2D eigenvalue weighted by Crippen LogP contribution is -2.76. The molecule has 3 aliphatic carbocycles. The zero-order valence-electron chi connectivity index (χ0n) is 27.0. The van der Waals surface area contributed by atoms with Gasteiger partial charge in [0.1, 0.15) is 30.0 Å². The Kier molecular flexibility index (Phi) is 7.50. The first-order valence-corrected chi connectivity index (χ1v) is 16.3. The Morgan fingerprint density at radius 1 is 1.09 bits per heavy atom. The smallest absolute Gasteiger partial charge is 0.338 e. The highest BCUT2D eigenvalue weighted by Gasteiger charge is 2.90. The standard InChI is InChI=1S/C37H42O10/c1-6-7-8-9-10-11-15-18-34-45-30-26-29-33(20-38,44-29)32(41)35(42)25(19-22(4)27(35)39)37(26,47-34)23(5)28(36(30,46-34)21(2)3)43-31(40)24-16-13-12-14-17-24/h8-19,23,25-26,28-30,32,38,41-42H,2,6-7,20H2,1,3-5H3/b9-8+,11-10+,18-15+/t23-,25-,26+,28-,29+,30-,32-,33+,34-,35-,36+,37+/m1/s1. The van der Waals surface area contributed by atoms with Gasteiger partial charge < -0.3 is 39.0 Å². The monoisotopic (exact) mass is 646 g/mol. The number of aliphatic hydroxyl groups is 3. The van der Waals surface area contributed by atoms with E-state index >= 15 is 0 Å². The molecule has 3 bridgehead atoms. The van der Waals surface area contributed by atoms with E-state index in [1.54, 1.807) is 68.5 Å². The zero-order chi connectivity index (χ0) is 33.6. The number of benzene rings is 1. The van der Waals surface area contributed by atoms with Crippen LogP contribution < -0.4 is 0 Å². The van der Waals surface area contributed by atoms with Crippen LogP contribution in [0.15, 0.2) is 90.6 Å². The highest BCUT2D eigenvalue weighted by molar-refractivity contribution is 6.05. The van der Waals surface area contributed by atoms with Crippen LogP contribution in [0, 0.1) is 17.8 Å². The van der Waals surface area contributed by atoms with Gasteiger partial charge in [-0.25, -0.2) is 4.79 Å². The Hall–Kier alpha value is -3.22. The quantitative estimate of drug-likeness (QED) is 0.158. The van der Waals surface area contributed by atoms with Crippen molar-refractivity contribution in [3.8, 4) is 0 Å². The van der Waals surface area contributed by atoms with Crippen molar-refractivity contribution in [3.63, 3.8) is 0 Å². The Morgan fingerprint density at radius 3 is 2.49 bits per heavy atom. The van der Waals surface area contributed by atoms with Gasteiger partial charge in [-0.05, 0) is 43.5 Å². The van der Waals surface area contributed by atoms with Gasteiger partial charge in [-0.15, -0.1) is 0 Å². The lowest BCUT2D eigenvalue weighted by molar-refractivity contribution is -0.407. The second kappa shape index (κ2) is 10.9. The first-order chi connectivity index (χ1) is 22.4. The summed E-state index contributed by atoms with van der Waals surface area (Å²) in [6.07, 6.45) is 9.87. The second-order valence-corrected chi connectivity index (χ2v) is 13.8. The van der Waals surface area contributed by atoms with Crippen LogP contribution in [-0.4, -0.2) is 86.5 Å². The van der Waals surface area contributed by atoms with E-state index in [0.717, 1.165) is 12.8 Å². The number of aliphatic hydroxyl groups excluding tert-OH is 2. The highest BCUT2D eigenvalue weighted by Crippen LogP contribution is 2.73. The number of rotatable bonds is 9. The van der Waals surface area contributed by atoms with Gasteiger partial charge in [0, 0.05) is 23.8 Å². The van der Waals surface area contributed by atoms with Crippen LogP contribution in [-0.2, 0) is 28.5 Å². The van der Waals surface area contributed by atoms with Crippen LogP contribution in [0.4, 0.5) is 0 Å². The molecule has 3 heterocycles. The topological polar surface area (TPSA) is 144 Å². The molecular formula is C37H42O10. The van der Waals surface area contributed by atoms with Gasteiger partial charge in [0.15, 0.2) is 17.0 Å². The van der Waals surface area contributed by atoms with E-state index in [-0.39, 0.29) is 5.57 Å². The molecular weight excluding hydrogens is 604 g/mol. The van der Waals surface area contributed by atoms with Crippen LogP contribution in [0.5, 0.6) is 0 Å². The summed E-state index contributed by atoms with van der Waals surface area (Å²) in [5.41, 5.74) is -6.08. The molecule has 5 fully saturated rings. The largest absolute Gasteiger partial charge is 0.455 e. The van der Waals surface area contributed by atoms with E-state index < -0.39 is 88.9 Å². The average Bonchev–Trinajstić information content (AvgIpc) is 3.69. The number of carbonyl (C=O) groups excluding carboxylic acids is 2. The Morgan fingerprint density at radius 2 is 1.81 bits per heavy atom. The van der Waals surface area contributed by atoms with Crippen molar-refractivity contribution in [3.05, 3.63) is 96.2 Å². The fourth-order valence-corrected chi connectivity index (χ4v) is 9.03. The minimum atomic E-state index is -2.42. The fourth-order valence-electron chi connectivity index (χ4n) is 9.03. The van der Waals surface area contributed by atoms with E-state index in [1.807, 2.05) is 19.1 Å². The summed E-state index contributed by atoms with van der Waals surface area (Å²) in [7, 11) is 0. The first kappa shape index (κ1) is 32.3. The molecule has 0 spiro atoms. The minimum Gasteiger partial charge on any atom is -0.455 e. The van der Waals surface area contributed by atoms with Gasteiger partial charge in [-0.3, -0.25) is 4.79 Å². The normalized spacial score (nSPS) is 46.0. The summed E-state index contributed by atoms with van der Waals surface area (Å²) in [4.78, 5) is 27.6. The predicted octanol–water partition coefficient (Wildman–Crippen LogP) is 3.48. The molecule has 2 saturated carbocycles. The maximum atomic E-state index is 13.8. The van der Waals surface area contributed by atoms with Gasteiger partial charge in [0.05, 0.1) is 17.8 Å². The number of carbonyl (C=O) groups is 2. The average molecular weight is 647 g/mol. The number of epoxide rings is 1. The SMILES string of the molecule is C=C(C)[C@@]12O[C@@]3(/C=C/C=C/C=C/CCC)O[C@@H]1[C@@H]1[C@@H]4O[C@]4(CO)[C@@H](O)[C@]4(O)C(=O)C(C)=C[C@H]4[C@@]1(O3)[C@H](C)[C@H]2OC(=O)c1ccccc1. The molecule has 1 aromatic carbocycles. The van der Waals surface area contributed by atoms with Gasteiger partial charge in [-0.2, -0.15) is 0 Å².